The monoisotopic (exact) mass is 1150 g/mol. The van der Waals surface area contributed by atoms with Crippen molar-refractivity contribution in [2.24, 2.45) is 17.3 Å². The van der Waals surface area contributed by atoms with Gasteiger partial charge in [-0.1, -0.05) is 81.5 Å². The van der Waals surface area contributed by atoms with Gasteiger partial charge in [0.05, 0.1) is 101 Å². The maximum atomic E-state index is 13.9. The Morgan fingerprint density at radius 2 is 1.40 bits per heavy atom. The van der Waals surface area contributed by atoms with Crippen LogP contribution in [0, 0.1) is 24.2 Å². The maximum absolute atomic E-state index is 13.9. The Kier molecular flexibility index (Phi) is 25.5. The second-order valence-corrected chi connectivity index (χ2v) is 21.9. The van der Waals surface area contributed by atoms with E-state index < -0.39 is 41.4 Å². The fourth-order valence-corrected chi connectivity index (χ4v) is 10.2. The third-order valence-corrected chi connectivity index (χ3v) is 14.9. The number of allylic oxidation sites excluding steroid dienone is 1. The highest BCUT2D eigenvalue weighted by Gasteiger charge is 2.42. The standard InChI is InChI=1S/C59H78F3N7O11S/c1-40-53(81-39-67-40)45-16-12-42(13-17-45)35-66-56(73)49-10-7-22-69(49)57(74)54(58(2,3)4)68-52(71)38-80-31-30-79-29-28-78-27-26-77-25-24-76-23-21-63-51(70)33-43-8-6-9-44(32-43)36-65-55(72)48-34-46(50(75-5)37-64-48)18-11-41-14-19-47(20-15-41)59(60,61)62/h6,8-9,11-13,16-18,32,34,37,39,41,47,49,54H,7,10,14-15,19-31,33,35-36,38H2,1-5H3,(H,63,70)(H,65,72)(H,66,73)(H,68,71)/b18-11+/t41?,47?,49-,54?/m0/s1. The van der Waals surface area contributed by atoms with Gasteiger partial charge in [-0.3, -0.25) is 24.0 Å². The van der Waals surface area contributed by atoms with E-state index in [1.165, 1.54) is 13.3 Å². The molecule has 0 spiro atoms. The van der Waals surface area contributed by atoms with E-state index >= 15 is 0 Å². The van der Waals surface area contributed by atoms with Crippen LogP contribution in [0.15, 0.2) is 72.4 Å². The van der Waals surface area contributed by atoms with Crippen LogP contribution >= 0.6 is 11.3 Å². The first-order valence-corrected chi connectivity index (χ1v) is 28.4. The Labute approximate surface area is 476 Å². The van der Waals surface area contributed by atoms with E-state index in [-0.39, 0.29) is 75.0 Å². The molecule has 2 aromatic heterocycles. The van der Waals surface area contributed by atoms with Crippen molar-refractivity contribution >= 4 is 46.9 Å². The molecule has 1 saturated carbocycles. The molecule has 4 N–H and O–H groups in total. The van der Waals surface area contributed by atoms with Crippen LogP contribution in [0.5, 0.6) is 5.75 Å². The number of rotatable bonds is 31. The maximum Gasteiger partial charge on any atom is 0.391 e. The number of hydrogen-bond acceptors (Lipinski definition) is 14. The number of halogens is 3. The highest BCUT2D eigenvalue weighted by molar-refractivity contribution is 7.13. The minimum absolute atomic E-state index is 0.00287. The zero-order valence-electron chi connectivity index (χ0n) is 47.0. The van der Waals surface area contributed by atoms with E-state index in [1.807, 2.05) is 87.8 Å². The summed E-state index contributed by atoms with van der Waals surface area (Å²) in [5.74, 6) is -2.38. The van der Waals surface area contributed by atoms with Crippen molar-refractivity contribution in [2.75, 3.05) is 86.3 Å². The van der Waals surface area contributed by atoms with Gasteiger partial charge in [-0.2, -0.15) is 13.2 Å². The number of nitrogens with zero attached hydrogens (tertiary/aromatic N) is 3. The normalized spacial score (nSPS) is 17.0. The number of pyridine rings is 1. The second-order valence-electron chi connectivity index (χ2n) is 21.1. The van der Waals surface area contributed by atoms with Crippen LogP contribution in [-0.2, 0) is 62.4 Å². The van der Waals surface area contributed by atoms with Gasteiger partial charge in [0.25, 0.3) is 5.91 Å². The van der Waals surface area contributed by atoms with E-state index in [4.69, 9.17) is 28.4 Å². The summed E-state index contributed by atoms with van der Waals surface area (Å²) < 4.78 is 72.5. The van der Waals surface area contributed by atoms with Crippen LogP contribution in [0.4, 0.5) is 13.2 Å². The highest BCUT2D eigenvalue weighted by atomic mass is 32.1. The summed E-state index contributed by atoms with van der Waals surface area (Å²) >= 11 is 1.58. The molecule has 1 unspecified atom stereocenters. The zero-order chi connectivity index (χ0) is 58.2. The Morgan fingerprint density at radius 1 is 0.753 bits per heavy atom. The quantitative estimate of drug-likeness (QED) is 0.0362. The lowest BCUT2D eigenvalue weighted by Gasteiger charge is -2.35. The molecule has 2 aliphatic rings. The average molecular weight is 1150 g/mol. The molecule has 1 aliphatic carbocycles. The Morgan fingerprint density at radius 3 is 2.02 bits per heavy atom. The fraction of sp³-hybridized carbons (Fsp3) is 0.542. The molecule has 1 saturated heterocycles. The summed E-state index contributed by atoms with van der Waals surface area (Å²) in [5.41, 5.74) is 6.50. The molecule has 5 amide bonds. The lowest BCUT2D eigenvalue weighted by Crippen LogP contribution is -2.58. The first-order valence-electron chi connectivity index (χ1n) is 27.6. The number of alkyl halides is 3. The summed E-state index contributed by atoms with van der Waals surface area (Å²) in [6.45, 7) is 11.3. The molecule has 4 aromatic rings. The number of aryl methyl sites for hydroxylation is 1. The Bertz CT molecular complexity index is 2680. The molecular weight excluding hydrogens is 1070 g/mol. The van der Waals surface area contributed by atoms with Gasteiger partial charge in [-0.15, -0.1) is 11.3 Å². The average Bonchev–Trinajstić information content (AvgIpc) is 4.13. The van der Waals surface area contributed by atoms with Crippen LogP contribution in [0.3, 0.4) is 0 Å². The van der Waals surface area contributed by atoms with Gasteiger partial charge in [0.2, 0.25) is 23.6 Å². The Hall–Kier alpha value is -6.30. The van der Waals surface area contributed by atoms with E-state index in [0.29, 0.717) is 103 Å². The number of hydrogen-bond donors (Lipinski definition) is 4. The number of nitrogens with one attached hydrogen (secondary N) is 4. The van der Waals surface area contributed by atoms with Crippen LogP contribution in [0.25, 0.3) is 16.5 Å². The summed E-state index contributed by atoms with van der Waals surface area (Å²) in [5, 5.41) is 11.5. The molecule has 81 heavy (non-hydrogen) atoms. The predicted molar refractivity (Wildman–Crippen MR) is 300 cm³/mol. The zero-order valence-corrected chi connectivity index (χ0v) is 47.9. The number of amides is 5. The minimum atomic E-state index is -4.17. The molecule has 22 heteroatoms. The molecular formula is C59H78F3N7O11S. The second kappa shape index (κ2) is 32.4. The van der Waals surface area contributed by atoms with Crippen molar-refractivity contribution in [1.82, 2.24) is 36.1 Å². The van der Waals surface area contributed by atoms with Crippen molar-refractivity contribution in [3.8, 4) is 16.2 Å². The molecule has 0 radical (unpaired) electrons. The smallest absolute Gasteiger partial charge is 0.391 e. The van der Waals surface area contributed by atoms with Gasteiger partial charge in [0.1, 0.15) is 30.1 Å². The van der Waals surface area contributed by atoms with Crippen molar-refractivity contribution in [3.63, 3.8) is 0 Å². The van der Waals surface area contributed by atoms with Crippen LogP contribution < -0.4 is 26.0 Å². The molecule has 2 aromatic carbocycles. The molecule has 1 aliphatic heterocycles. The number of carbonyl (C=O) groups excluding carboxylic acids is 5. The van der Waals surface area contributed by atoms with E-state index in [1.54, 1.807) is 28.4 Å². The summed E-state index contributed by atoms with van der Waals surface area (Å²) in [6.07, 6.45) is 3.37. The summed E-state index contributed by atoms with van der Waals surface area (Å²) in [7, 11) is 1.48. The number of benzene rings is 2. The van der Waals surface area contributed by atoms with Crippen molar-refractivity contribution in [3.05, 3.63) is 106 Å². The van der Waals surface area contributed by atoms with Crippen LogP contribution in [-0.4, -0.2) is 149 Å². The summed E-state index contributed by atoms with van der Waals surface area (Å²) in [6, 6.07) is 15.4. The lowest BCUT2D eigenvalue weighted by molar-refractivity contribution is -0.183. The SMILES string of the molecule is COc1cnc(C(=O)NCc2cccc(CC(=O)NCCOCCOCCOCCOCCOCC(=O)NC(C(=O)N3CCC[C@H]3C(=O)NCc3ccc(-c4scnc4C)cc3)C(C)(C)C)c2)cc1/C=C/C1CCC(C(F)(F)F)CC1. The lowest BCUT2D eigenvalue weighted by atomic mass is 9.81. The number of methoxy groups -OCH3 is 1. The van der Waals surface area contributed by atoms with Crippen LogP contribution in [0.1, 0.15) is 97.7 Å². The molecule has 2 fully saturated rings. The van der Waals surface area contributed by atoms with Crippen molar-refractivity contribution in [2.45, 2.75) is 104 Å². The summed E-state index contributed by atoms with van der Waals surface area (Å²) in [4.78, 5) is 77.2. The van der Waals surface area contributed by atoms with Gasteiger partial charge in [-0.05, 0) is 85.1 Å². The van der Waals surface area contributed by atoms with Crippen LogP contribution in [0.2, 0.25) is 0 Å². The minimum Gasteiger partial charge on any atom is -0.495 e. The highest BCUT2D eigenvalue weighted by Crippen LogP contribution is 2.40. The van der Waals surface area contributed by atoms with Crippen molar-refractivity contribution < 1.29 is 65.6 Å². The molecule has 3 heterocycles. The van der Waals surface area contributed by atoms with E-state index in [9.17, 15) is 37.1 Å². The largest absolute Gasteiger partial charge is 0.495 e. The number of aromatic nitrogens is 2. The fourth-order valence-electron chi connectivity index (χ4n) is 9.42. The first-order chi connectivity index (χ1) is 38.9. The first kappa shape index (κ1) is 63.9. The number of thiazole rings is 1. The molecule has 2 atom stereocenters. The molecule has 6 rings (SSSR count). The molecule has 0 bridgehead atoms. The molecule has 18 nitrogen and oxygen atoms in total. The topological polar surface area (TPSA) is 218 Å². The number of ether oxygens (including phenoxy) is 6. The van der Waals surface area contributed by atoms with Gasteiger partial charge in [0.15, 0.2) is 0 Å². The van der Waals surface area contributed by atoms with E-state index in [2.05, 4.69) is 31.2 Å². The molecule has 442 valence electrons. The van der Waals surface area contributed by atoms with E-state index in [0.717, 1.165) is 32.8 Å². The number of carbonyl (C=O) groups is 5. The van der Waals surface area contributed by atoms with Gasteiger partial charge >= 0.3 is 6.18 Å². The van der Waals surface area contributed by atoms with Crippen molar-refractivity contribution in [1.29, 1.82) is 0 Å². The van der Waals surface area contributed by atoms with Gasteiger partial charge in [-0.25, -0.2) is 9.97 Å². The van der Waals surface area contributed by atoms with Gasteiger partial charge < -0.3 is 54.6 Å². The Balaban J connectivity index is 0.747. The third kappa shape index (κ3) is 21.2. The number of likely N-dealkylation sites (tertiary alicyclic amines) is 1. The third-order valence-electron chi connectivity index (χ3n) is 13.9. The van der Waals surface area contributed by atoms with Gasteiger partial charge in [0, 0.05) is 31.7 Å². The predicted octanol–water partition coefficient (Wildman–Crippen LogP) is 7.41.